The van der Waals surface area contributed by atoms with Crippen LogP contribution in [0.1, 0.15) is 100 Å². The number of carbonyl (C=O) groups excluding carboxylic acids is 8. The highest BCUT2D eigenvalue weighted by atomic mass is 32.2. The maximum Gasteiger partial charge on any atom is 0.249 e. The number of aromatic nitrogens is 1. The largest absolute Gasteiger partial charge is 0.391 e. The number of hydrogen-bond acceptors (Lipinski definition) is 12. The highest BCUT2D eigenvalue weighted by Crippen LogP contribution is 2.43. The van der Waals surface area contributed by atoms with Crippen LogP contribution in [0, 0.1) is 11.8 Å². The summed E-state index contributed by atoms with van der Waals surface area (Å²) in [4.78, 5) is 124. The minimum absolute atomic E-state index is 0.00708. The monoisotopic (exact) mass is 1090 g/mol. The molecule has 5 heterocycles. The van der Waals surface area contributed by atoms with E-state index in [2.05, 4.69) is 31.6 Å². The number of nitrogens with one attached hydrogen (secondary N) is 6. The second-order valence-electron chi connectivity index (χ2n) is 22.1. The van der Waals surface area contributed by atoms with E-state index in [-0.39, 0.29) is 42.4 Å². The van der Waals surface area contributed by atoms with Gasteiger partial charge in [0.05, 0.1) is 20.7 Å². The molecule has 0 saturated carbocycles. The van der Waals surface area contributed by atoms with Crippen molar-refractivity contribution in [1.82, 2.24) is 46.3 Å². The van der Waals surface area contributed by atoms with E-state index in [1.807, 2.05) is 110 Å². The summed E-state index contributed by atoms with van der Waals surface area (Å²) in [5.41, 5.74) is 2.24. The van der Waals surface area contributed by atoms with E-state index >= 15 is 19.2 Å². The summed E-state index contributed by atoms with van der Waals surface area (Å²) in [6.45, 7) is 19.6. The average molecular weight is 1090 g/mol. The molecule has 7 N–H and O–H groups in total. The van der Waals surface area contributed by atoms with Crippen molar-refractivity contribution >= 4 is 93.4 Å². The fourth-order valence-electron chi connectivity index (χ4n) is 10.6. The smallest absolute Gasteiger partial charge is 0.249 e. The van der Waals surface area contributed by atoms with Gasteiger partial charge in [0.25, 0.3) is 0 Å². The number of hydrogen-bond donors (Lipinski definition) is 7. The topological polar surface area (TPSA) is 242 Å². The minimum Gasteiger partial charge on any atom is -0.391 e. The number of amides is 8. The molecule has 408 valence electrons. The van der Waals surface area contributed by atoms with Crippen molar-refractivity contribution in [3.05, 3.63) is 71.9 Å². The van der Waals surface area contributed by atoms with Crippen LogP contribution in [0.4, 0.5) is 0 Å². The fourth-order valence-corrected chi connectivity index (χ4v) is 14.2. The Bertz CT molecular complexity index is 2640. The van der Waals surface area contributed by atoms with E-state index in [1.54, 1.807) is 20.0 Å². The summed E-state index contributed by atoms with van der Waals surface area (Å²) in [7, 11) is 0. The highest BCUT2D eigenvalue weighted by molar-refractivity contribution is 8.01. The number of benzene rings is 2. The first-order chi connectivity index (χ1) is 35.3. The number of para-hydroxylation sites is 1. The molecule has 2 aromatic carbocycles. The number of aliphatic hydroxyl groups excluding tert-OH is 1. The third-order valence-corrected chi connectivity index (χ3v) is 19.0. The summed E-state index contributed by atoms with van der Waals surface area (Å²) in [5, 5.41) is 26.7. The molecule has 7 rings (SSSR count). The molecule has 0 aliphatic carbocycles. The predicted molar refractivity (Wildman–Crippen MR) is 294 cm³/mol. The van der Waals surface area contributed by atoms with Gasteiger partial charge in [-0.05, 0) is 83.9 Å². The summed E-state index contributed by atoms with van der Waals surface area (Å²) < 4.78 is 0. The normalized spacial score (nSPS) is 28.9. The van der Waals surface area contributed by atoms with E-state index in [0.29, 0.717) is 17.5 Å². The molecule has 8 amide bonds. The molecule has 4 fully saturated rings. The van der Waals surface area contributed by atoms with E-state index in [1.165, 1.54) is 56.9 Å². The third kappa shape index (κ3) is 12.5. The van der Waals surface area contributed by atoms with Gasteiger partial charge in [-0.1, -0.05) is 82.6 Å². The Kier molecular flexibility index (Phi) is 17.7. The lowest BCUT2D eigenvalue weighted by molar-refractivity contribution is -0.150. The fraction of sp³-hybridized carbons (Fsp3) is 0.593. The Morgan fingerprint density at radius 2 is 1.01 bits per heavy atom. The van der Waals surface area contributed by atoms with Crippen LogP contribution in [-0.4, -0.2) is 158 Å². The Morgan fingerprint density at radius 1 is 0.560 bits per heavy atom. The number of fused-ring (bicyclic) bond motifs is 4. The quantitative estimate of drug-likeness (QED) is 0.162. The van der Waals surface area contributed by atoms with Crippen LogP contribution in [-0.2, 0) is 51.2 Å². The van der Waals surface area contributed by atoms with Gasteiger partial charge >= 0.3 is 0 Å². The molecular formula is C54H75N9O9S3. The van der Waals surface area contributed by atoms with Crippen molar-refractivity contribution in [2.75, 3.05) is 17.3 Å². The Balaban J connectivity index is 1.35. The maximum absolute atomic E-state index is 15.4. The number of nitrogens with zero attached hydrogens (tertiary/aromatic N) is 3. The number of carbonyl (C=O) groups is 8. The van der Waals surface area contributed by atoms with Gasteiger partial charge in [0, 0.05) is 47.2 Å². The van der Waals surface area contributed by atoms with Gasteiger partial charge in [-0.15, -0.1) is 35.3 Å². The van der Waals surface area contributed by atoms with Gasteiger partial charge in [-0.2, -0.15) is 0 Å². The second-order valence-corrected chi connectivity index (χ2v) is 27.0. The Morgan fingerprint density at radius 3 is 1.55 bits per heavy atom. The lowest BCUT2D eigenvalue weighted by Crippen LogP contribution is -2.66. The molecule has 4 aliphatic heterocycles. The van der Waals surface area contributed by atoms with Crippen molar-refractivity contribution in [1.29, 1.82) is 0 Å². The molecule has 0 spiro atoms. The van der Waals surface area contributed by atoms with Crippen LogP contribution in [0.5, 0.6) is 0 Å². The van der Waals surface area contributed by atoms with Crippen molar-refractivity contribution < 1.29 is 43.5 Å². The zero-order chi connectivity index (χ0) is 54.9. The first-order valence-electron chi connectivity index (χ1n) is 26.0. The van der Waals surface area contributed by atoms with E-state index in [9.17, 15) is 24.3 Å². The Labute approximate surface area is 452 Å². The molecule has 18 nitrogen and oxygen atoms in total. The number of H-pyrrole nitrogens is 1. The van der Waals surface area contributed by atoms with Crippen LogP contribution >= 0.6 is 35.3 Å². The molecule has 21 heteroatoms. The summed E-state index contributed by atoms with van der Waals surface area (Å²) in [6.07, 6.45) is 0.912. The van der Waals surface area contributed by atoms with Crippen LogP contribution < -0.4 is 26.6 Å². The summed E-state index contributed by atoms with van der Waals surface area (Å²) in [6, 6.07) is 6.82. The van der Waals surface area contributed by atoms with Gasteiger partial charge in [-0.25, -0.2) is 0 Å². The van der Waals surface area contributed by atoms with Crippen LogP contribution in [0.2, 0.25) is 0 Å². The standard InChI is InChI=1S/C54H75N9O9S3/c1-12-30(4)42-50(71)62-40(27-74-53(62,8)9)47(68)57-37(24-33-25-55-35-21-17-16-20-34(33)35)44(65)58-38(23-32-18-14-13-15-19-32)49(70)61-39(26-73-52(61,6)7)46(67)56-36(22-29(2)3)45(66)60-43(31(5)64)51(72)63-41(48(69)59-42)28-75-54(63,10)11/h13-21,25,29-31,36-43,55,64H,12,22-24,26-28H2,1-11H3,(H,56,67)(H,57,68)(H,58,65)(H,59,69)(H,60,66)/t30-,31+,36-,37-,38-,39-,40-,41-,42-,43-/m0/s1. The highest BCUT2D eigenvalue weighted by Gasteiger charge is 2.54. The molecule has 0 radical (unpaired) electrons. The van der Waals surface area contributed by atoms with Gasteiger partial charge in [0.15, 0.2) is 0 Å². The van der Waals surface area contributed by atoms with Gasteiger partial charge in [0.1, 0.15) is 48.3 Å². The van der Waals surface area contributed by atoms with Crippen molar-refractivity contribution in [2.24, 2.45) is 11.8 Å². The van der Waals surface area contributed by atoms with Gasteiger partial charge < -0.3 is 51.4 Å². The molecule has 1 aromatic heterocycles. The number of rotatable bonds is 9. The van der Waals surface area contributed by atoms with Crippen LogP contribution in [0.15, 0.2) is 60.8 Å². The Hall–Kier alpha value is -5.25. The molecule has 10 atom stereocenters. The van der Waals surface area contributed by atoms with Crippen molar-refractivity contribution in [3.8, 4) is 0 Å². The number of aliphatic hydroxyl groups is 1. The maximum atomic E-state index is 15.4. The SMILES string of the molecule is CC[C@H](C)[C@@H]1NC(=O)[C@@H]2CSC(C)(C)N2C(=O)[C@H]([C@@H](C)O)NC(=O)[C@H](CC(C)C)NC(=O)[C@@H]2CSC(C)(C)N2C(=O)[C@H](Cc2ccccc2)NC(=O)[C@H](Cc2c[nH]c3ccccc23)NC(=O)[C@@H]2CSC(C)(C)N2C1=O. The molecule has 3 aromatic rings. The van der Waals surface area contributed by atoms with E-state index in [4.69, 9.17) is 0 Å². The summed E-state index contributed by atoms with van der Waals surface area (Å²) >= 11 is 4.07. The van der Waals surface area contributed by atoms with E-state index < -0.39 is 122 Å². The average Bonchev–Trinajstić information content (AvgIpc) is 4.10. The van der Waals surface area contributed by atoms with Crippen molar-refractivity contribution in [2.45, 2.75) is 171 Å². The number of thioether (sulfide) groups is 3. The lowest BCUT2D eigenvalue weighted by Gasteiger charge is -2.40. The second kappa shape index (κ2) is 23.2. The minimum atomic E-state index is -1.56. The third-order valence-electron chi connectivity index (χ3n) is 14.9. The zero-order valence-corrected chi connectivity index (χ0v) is 47.3. The van der Waals surface area contributed by atoms with Crippen molar-refractivity contribution in [3.63, 3.8) is 0 Å². The number of aromatic amines is 1. The van der Waals surface area contributed by atoms with Gasteiger partial charge in [0.2, 0.25) is 47.3 Å². The zero-order valence-electron chi connectivity index (χ0n) is 44.9. The van der Waals surface area contributed by atoms with Crippen LogP contribution in [0.25, 0.3) is 10.9 Å². The molecule has 75 heavy (non-hydrogen) atoms. The molecule has 4 saturated heterocycles. The van der Waals surface area contributed by atoms with E-state index in [0.717, 1.165) is 10.9 Å². The van der Waals surface area contributed by atoms with Gasteiger partial charge in [-0.3, -0.25) is 38.4 Å². The molecule has 0 bridgehead atoms. The molecular weight excluding hydrogens is 1010 g/mol. The first-order valence-corrected chi connectivity index (χ1v) is 28.9. The first kappa shape index (κ1) is 57.5. The lowest BCUT2D eigenvalue weighted by atomic mass is 9.95. The van der Waals surface area contributed by atoms with Crippen LogP contribution in [0.3, 0.4) is 0 Å². The summed E-state index contributed by atoms with van der Waals surface area (Å²) in [5.74, 6) is -5.28. The molecule has 4 aliphatic rings. The predicted octanol–water partition coefficient (Wildman–Crippen LogP) is 3.90. The molecule has 0 unspecified atom stereocenters.